The number of hydrogen-bond donors (Lipinski definition) is 1. The van der Waals surface area contributed by atoms with E-state index in [1.807, 2.05) is 104 Å². The predicted molar refractivity (Wildman–Crippen MR) is 336 cm³/mol. The van der Waals surface area contributed by atoms with E-state index in [1.54, 1.807) is 0 Å². The van der Waals surface area contributed by atoms with Gasteiger partial charge >= 0.3 is 58.6 Å². The van der Waals surface area contributed by atoms with Crippen LogP contribution in [0, 0.1) is 69.0 Å². The van der Waals surface area contributed by atoms with Gasteiger partial charge in [-0.1, -0.05) is 95.5 Å². The molecule has 5 rings (SSSR count). The number of ether oxygens (including phenoxy) is 7. The number of fused-ring (bicyclic) bond motifs is 6. The molecule has 90 heavy (non-hydrogen) atoms. The van der Waals surface area contributed by atoms with E-state index in [0.717, 1.165) is 0 Å². The number of carbonyl (C=O) groups is 7. The molecule has 9 atom stereocenters. The molecule has 2 N–H and O–H groups in total. The van der Waals surface area contributed by atoms with Gasteiger partial charge in [-0.2, -0.15) is 5.70 Å². The van der Waals surface area contributed by atoms with Crippen LogP contribution in [0.3, 0.4) is 0 Å². The van der Waals surface area contributed by atoms with Gasteiger partial charge < -0.3 is 67.9 Å². The summed E-state index contributed by atoms with van der Waals surface area (Å²) >= 11 is 0. The number of allylic oxidation sites excluding steroid dienone is 6. The summed E-state index contributed by atoms with van der Waals surface area (Å²) in [5.74, 6) is -5.82. The molecule has 0 saturated carbocycles. The van der Waals surface area contributed by atoms with E-state index in [1.165, 1.54) is 0 Å². The van der Waals surface area contributed by atoms with E-state index in [0.29, 0.717) is 90.3 Å². The minimum absolute atomic E-state index is 0. The second-order valence-corrected chi connectivity index (χ2v) is 25.4. The normalized spacial score (nSPS) is 28.4. The second-order valence-electron chi connectivity index (χ2n) is 25.4. The van der Waals surface area contributed by atoms with Crippen molar-refractivity contribution in [3.8, 4) is 0 Å². The number of nitrogens with two attached hydrogens (primary N) is 1. The Morgan fingerprint density at radius 1 is 0.489 bits per heavy atom. The second kappa shape index (κ2) is 36.6. The standard InChI is InChI=1S/C66H102N5O14.2CN.Co/c1-16-31-79-47(72)26-23-43-55-41(8)58-63(12,30-29-50(75)82-34-19-4)46(38-51(76)83-35-20-5)60(70-58)66(15)65(14,40-53(78)85-37-22-7)45(25-28-49(74)81-33-18-3)56(71-66)42(9)59-64(13,39-52(77)84-36-21-6)44(24-27-48(73)80-32-17-2)57(69-59)54(67)61(68-55)62(43,10)11;2*1-2;/h43-46,60H,16-40,67H2,1-15H3;;;/q3*-1;+3/t43-,44-,45-,46+,60-,63-,64+,65+,66+;;;/m1.../s1. The van der Waals surface area contributed by atoms with Crippen molar-refractivity contribution >= 4 is 58.9 Å². The SMILES string of the molecule is CCCOC(=O)CC[C@@H]1/C2=C(\C)C3=N[C@H]([C@H](CC(=O)OCCC)[C@@]3(C)CCC(=O)OCCC)[C@]3(C)[N-]/C(=C(/C)C4=N/C(=C(/N)C(=N2)C1(C)C)[C@@H](CCC(=O)OCCC)[C@]4(C)CC(=O)OCCC)[C@@H](CCC(=O)OCCC)[C@]3(C)CC(=O)OCCC.[C-]#N.[C-]#N.[Co+3]. The molecule has 0 amide bonds. The van der Waals surface area contributed by atoms with Crippen molar-refractivity contribution in [2.75, 3.05) is 46.2 Å². The van der Waals surface area contributed by atoms with Gasteiger partial charge in [0.1, 0.15) is 0 Å². The fraction of sp³-hybridized carbons (Fsp3) is 0.735. The minimum Gasteiger partial charge on any atom is -0.680 e. The molecule has 22 heteroatoms. The van der Waals surface area contributed by atoms with E-state index < -0.39 is 92.7 Å². The van der Waals surface area contributed by atoms with Gasteiger partial charge in [0.05, 0.1) is 82.6 Å². The monoisotopic (exact) mass is 1300 g/mol. The van der Waals surface area contributed by atoms with Crippen LogP contribution in [0.1, 0.15) is 219 Å². The number of nitrogens with zero attached hydrogens (tertiary/aromatic N) is 6. The minimum atomic E-state index is -1.43. The van der Waals surface area contributed by atoms with Crippen molar-refractivity contribution in [2.45, 2.75) is 231 Å². The van der Waals surface area contributed by atoms with Crippen LogP contribution in [0.15, 0.2) is 48.9 Å². The Morgan fingerprint density at radius 3 is 1.33 bits per heavy atom. The van der Waals surface area contributed by atoms with Gasteiger partial charge in [0.15, 0.2) is 0 Å². The first-order valence-corrected chi connectivity index (χ1v) is 32.2. The predicted octanol–water partition coefficient (Wildman–Crippen LogP) is 12.3. The molecule has 0 aliphatic carbocycles. The van der Waals surface area contributed by atoms with E-state index in [9.17, 15) is 33.6 Å². The zero-order chi connectivity index (χ0) is 67.1. The molecular formula is C68H102CoN7O14. The number of esters is 7. The molecule has 0 unspecified atom stereocenters. The van der Waals surface area contributed by atoms with Crippen LogP contribution in [-0.4, -0.2) is 117 Å². The molecule has 0 aromatic rings. The molecule has 502 valence electrons. The van der Waals surface area contributed by atoms with Crippen LogP contribution in [0.2, 0.25) is 0 Å². The maximum absolute atomic E-state index is 14.7. The summed E-state index contributed by atoms with van der Waals surface area (Å²) in [6, 6.07) is -0.931. The summed E-state index contributed by atoms with van der Waals surface area (Å²) in [5, 5.41) is 18.4. The quantitative estimate of drug-likeness (QED) is 0.0372. The van der Waals surface area contributed by atoms with E-state index in [2.05, 4.69) is 0 Å². The average Bonchev–Trinajstić information content (AvgIpc) is 1.53. The van der Waals surface area contributed by atoms with Gasteiger partial charge in [-0.15, -0.1) is 0 Å². The molecule has 1 fully saturated rings. The molecule has 0 radical (unpaired) electrons. The summed E-state index contributed by atoms with van der Waals surface area (Å²) < 4.78 is 40.6. The molecule has 8 bridgehead atoms. The van der Waals surface area contributed by atoms with Crippen molar-refractivity contribution in [3.63, 3.8) is 0 Å². The van der Waals surface area contributed by atoms with Gasteiger partial charge in [-0.3, -0.25) is 48.5 Å². The van der Waals surface area contributed by atoms with Crippen LogP contribution in [0.25, 0.3) is 5.32 Å². The first kappa shape index (κ1) is 79.7. The third-order valence-corrected chi connectivity index (χ3v) is 18.6. The van der Waals surface area contributed by atoms with E-state index in [-0.39, 0.29) is 145 Å². The molecule has 5 heterocycles. The van der Waals surface area contributed by atoms with Crippen molar-refractivity contribution in [2.24, 2.45) is 66.0 Å². The maximum Gasteiger partial charge on any atom is 3.00 e. The third kappa shape index (κ3) is 18.2. The van der Waals surface area contributed by atoms with Crippen LogP contribution < -0.4 is 5.73 Å². The summed E-state index contributed by atoms with van der Waals surface area (Å²) in [7, 11) is 0. The summed E-state index contributed by atoms with van der Waals surface area (Å²) in [5.41, 5.74) is 6.14. The molecule has 21 nitrogen and oxygen atoms in total. The Kier molecular flexibility index (Phi) is 32.4. The van der Waals surface area contributed by atoms with E-state index in [4.69, 9.17) is 82.9 Å². The van der Waals surface area contributed by atoms with Crippen LogP contribution in [-0.2, 0) is 83.5 Å². The van der Waals surface area contributed by atoms with Crippen LogP contribution in [0.4, 0.5) is 0 Å². The van der Waals surface area contributed by atoms with E-state index >= 15 is 0 Å². The average molecular weight is 1300 g/mol. The van der Waals surface area contributed by atoms with Gasteiger partial charge in [-0.25, -0.2) is 0 Å². The van der Waals surface area contributed by atoms with Crippen LogP contribution >= 0.6 is 0 Å². The summed E-state index contributed by atoms with van der Waals surface area (Å²) in [6.45, 7) is 40.1. The Bertz CT molecular complexity index is 2760. The Morgan fingerprint density at radius 2 is 0.878 bits per heavy atom. The maximum atomic E-state index is 14.7. The largest absolute Gasteiger partial charge is 3.00 e. The smallest absolute Gasteiger partial charge is 0.680 e. The molecule has 0 aromatic heterocycles. The van der Waals surface area contributed by atoms with Crippen molar-refractivity contribution in [3.05, 3.63) is 52.4 Å². The number of rotatable bonds is 32. The molecule has 5 aliphatic rings. The first-order chi connectivity index (χ1) is 42.2. The number of hydrogen-bond acceptors (Lipinski definition) is 20. The van der Waals surface area contributed by atoms with Gasteiger partial charge in [0.2, 0.25) is 0 Å². The van der Waals surface area contributed by atoms with Gasteiger partial charge in [0, 0.05) is 82.8 Å². The van der Waals surface area contributed by atoms with Crippen molar-refractivity contribution < 1.29 is 83.5 Å². The Labute approximate surface area is 546 Å². The van der Waals surface area contributed by atoms with Gasteiger partial charge in [0.25, 0.3) is 0 Å². The molecule has 0 spiro atoms. The zero-order valence-corrected chi connectivity index (χ0v) is 57.4. The number of aliphatic imine (C=N–C) groups is 3. The summed E-state index contributed by atoms with van der Waals surface area (Å²) in [6.07, 6.45) is 4.30. The fourth-order valence-electron chi connectivity index (χ4n) is 13.8. The van der Waals surface area contributed by atoms with Gasteiger partial charge in [-0.05, 0) is 107 Å². The fourth-order valence-corrected chi connectivity index (χ4v) is 13.8. The Hall–Kier alpha value is -6.39. The Balaban J connectivity index is 0.00000541. The summed E-state index contributed by atoms with van der Waals surface area (Å²) in [4.78, 5) is 116. The molecule has 1 saturated heterocycles. The third-order valence-electron chi connectivity index (χ3n) is 18.6. The number of carbonyl (C=O) groups excluding carboxylic acids is 7. The molecule has 5 aliphatic heterocycles. The van der Waals surface area contributed by atoms with Crippen molar-refractivity contribution in [1.29, 1.82) is 10.5 Å². The molecular weight excluding hydrogens is 1200 g/mol. The first-order valence-electron chi connectivity index (χ1n) is 32.2. The zero-order valence-electron chi connectivity index (χ0n) is 56.4. The molecule has 0 aromatic carbocycles. The van der Waals surface area contributed by atoms with Crippen molar-refractivity contribution in [1.82, 2.24) is 0 Å². The topological polar surface area (TPSA) is 309 Å². The van der Waals surface area contributed by atoms with Crippen LogP contribution in [0.5, 0.6) is 0 Å².